The van der Waals surface area contributed by atoms with Crippen molar-refractivity contribution < 1.29 is 19.1 Å². The molecule has 0 bridgehead atoms. The zero-order valence-electron chi connectivity index (χ0n) is 7.55. The predicted molar refractivity (Wildman–Crippen MR) is 43.9 cm³/mol. The summed E-state index contributed by atoms with van der Waals surface area (Å²) in [5, 5.41) is 2.88. The predicted octanol–water partition coefficient (Wildman–Crippen LogP) is -0.768. The minimum Gasteiger partial charge on any atom is -0.466 e. The van der Waals surface area contributed by atoms with Gasteiger partial charge in [-0.2, -0.15) is 0 Å². The number of carbonyl (C=O) groups is 2. The largest absolute Gasteiger partial charge is 0.466 e. The first kappa shape index (κ1) is 9.73. The van der Waals surface area contributed by atoms with E-state index in [0.29, 0.717) is 24.2 Å². The van der Waals surface area contributed by atoms with Gasteiger partial charge in [0.25, 0.3) is 0 Å². The molecule has 0 aromatic carbocycles. The van der Waals surface area contributed by atoms with Crippen LogP contribution in [0, 0.1) is 0 Å². The molecule has 0 spiro atoms. The number of esters is 2. The van der Waals surface area contributed by atoms with Gasteiger partial charge in [0.15, 0.2) is 0 Å². The molecule has 1 heterocycles. The number of ether oxygens (including phenoxy) is 2. The third-order valence-electron chi connectivity index (χ3n) is 1.83. The van der Waals surface area contributed by atoms with Crippen molar-refractivity contribution >= 4 is 11.9 Å². The van der Waals surface area contributed by atoms with Crippen molar-refractivity contribution in [2.24, 2.45) is 0 Å². The van der Waals surface area contributed by atoms with Gasteiger partial charge in [0.2, 0.25) is 0 Å². The van der Waals surface area contributed by atoms with Gasteiger partial charge in [0.05, 0.1) is 25.4 Å². The minimum atomic E-state index is -0.481. The van der Waals surface area contributed by atoms with E-state index in [-0.39, 0.29) is 0 Å². The molecule has 72 valence electrons. The van der Waals surface area contributed by atoms with Gasteiger partial charge in [0, 0.05) is 13.1 Å². The Balaban J connectivity index is 2.89. The quantitative estimate of drug-likeness (QED) is 0.572. The molecule has 1 rings (SSSR count). The van der Waals surface area contributed by atoms with E-state index >= 15 is 0 Å². The second-order valence-electron chi connectivity index (χ2n) is 2.54. The molecular weight excluding hydrogens is 174 g/mol. The lowest BCUT2D eigenvalue weighted by Crippen LogP contribution is -2.13. The Hall–Kier alpha value is -1.36. The Bertz CT molecular complexity index is 243. The van der Waals surface area contributed by atoms with Gasteiger partial charge in [-0.3, -0.25) is 0 Å². The van der Waals surface area contributed by atoms with E-state index in [4.69, 9.17) is 0 Å². The molecule has 1 N–H and O–H groups in total. The van der Waals surface area contributed by atoms with E-state index < -0.39 is 11.9 Å². The third kappa shape index (κ3) is 1.86. The highest BCUT2D eigenvalue weighted by Crippen LogP contribution is 2.12. The summed E-state index contributed by atoms with van der Waals surface area (Å²) < 4.78 is 9.03. The first-order chi connectivity index (χ1) is 6.20. The number of carbonyl (C=O) groups excluding carboxylic acids is 2. The first-order valence-electron chi connectivity index (χ1n) is 3.80. The molecule has 0 saturated heterocycles. The summed E-state index contributed by atoms with van der Waals surface area (Å²) in [4.78, 5) is 22.2. The normalized spacial score (nSPS) is 15.8. The molecule has 1 aliphatic rings. The average Bonchev–Trinajstić information content (AvgIpc) is 2.63. The summed E-state index contributed by atoms with van der Waals surface area (Å²) in [6.07, 6.45) is 0. The topological polar surface area (TPSA) is 64.6 Å². The fourth-order valence-electron chi connectivity index (χ4n) is 1.16. The van der Waals surface area contributed by atoms with Crippen molar-refractivity contribution in [2.45, 2.75) is 0 Å². The van der Waals surface area contributed by atoms with Gasteiger partial charge in [0.1, 0.15) is 0 Å². The fraction of sp³-hybridized carbons (Fsp3) is 0.500. The van der Waals surface area contributed by atoms with Crippen LogP contribution in [0.2, 0.25) is 0 Å². The van der Waals surface area contributed by atoms with Crippen molar-refractivity contribution in [3.63, 3.8) is 0 Å². The summed E-state index contributed by atoms with van der Waals surface area (Å²) in [6, 6.07) is 0. The molecule has 0 aliphatic carbocycles. The van der Waals surface area contributed by atoms with E-state index in [9.17, 15) is 9.59 Å². The summed E-state index contributed by atoms with van der Waals surface area (Å²) in [5.74, 6) is -0.962. The molecule has 0 aromatic rings. The first-order valence-corrected chi connectivity index (χ1v) is 3.80. The summed E-state index contributed by atoms with van der Waals surface area (Å²) in [7, 11) is 2.56. The lowest BCUT2D eigenvalue weighted by Gasteiger charge is -2.01. The zero-order chi connectivity index (χ0) is 9.84. The van der Waals surface area contributed by atoms with Crippen LogP contribution in [0.3, 0.4) is 0 Å². The maximum absolute atomic E-state index is 11.1. The number of hydrogen-bond donors (Lipinski definition) is 1. The standard InChI is InChI=1S/C8H11NO4/c1-12-7(10)5-3-9-4-6(5)8(11)13-2/h9H,3-4H2,1-2H3. The van der Waals surface area contributed by atoms with Crippen LogP contribution in [0.15, 0.2) is 11.1 Å². The van der Waals surface area contributed by atoms with E-state index in [2.05, 4.69) is 14.8 Å². The average molecular weight is 185 g/mol. The second kappa shape index (κ2) is 4.04. The Morgan fingerprint density at radius 3 is 1.77 bits per heavy atom. The highest BCUT2D eigenvalue weighted by atomic mass is 16.5. The molecule has 1 aliphatic heterocycles. The van der Waals surface area contributed by atoms with Gasteiger partial charge < -0.3 is 14.8 Å². The highest BCUT2D eigenvalue weighted by molar-refractivity contribution is 6.01. The Morgan fingerprint density at radius 2 is 1.46 bits per heavy atom. The van der Waals surface area contributed by atoms with Crippen LogP contribution in [0.1, 0.15) is 0 Å². The van der Waals surface area contributed by atoms with Crippen molar-refractivity contribution in [3.8, 4) is 0 Å². The van der Waals surface area contributed by atoms with Gasteiger partial charge in [-0.1, -0.05) is 0 Å². The highest BCUT2D eigenvalue weighted by Gasteiger charge is 2.26. The molecule has 0 aromatic heterocycles. The lowest BCUT2D eigenvalue weighted by molar-refractivity contribution is -0.139. The molecular formula is C8H11NO4. The molecule has 0 amide bonds. The van der Waals surface area contributed by atoms with Crippen molar-refractivity contribution in [2.75, 3.05) is 27.3 Å². The summed E-state index contributed by atoms with van der Waals surface area (Å²) in [6.45, 7) is 0.716. The molecule has 0 fully saturated rings. The van der Waals surface area contributed by atoms with E-state index in [1.165, 1.54) is 14.2 Å². The molecule has 13 heavy (non-hydrogen) atoms. The van der Waals surface area contributed by atoms with Crippen molar-refractivity contribution in [3.05, 3.63) is 11.1 Å². The molecule has 5 nitrogen and oxygen atoms in total. The monoisotopic (exact) mass is 185 g/mol. The van der Waals surface area contributed by atoms with Crippen LogP contribution in [0.5, 0.6) is 0 Å². The number of hydrogen-bond acceptors (Lipinski definition) is 5. The van der Waals surface area contributed by atoms with Crippen LogP contribution in [0.4, 0.5) is 0 Å². The lowest BCUT2D eigenvalue weighted by atomic mass is 10.1. The van der Waals surface area contributed by atoms with Crippen LogP contribution >= 0.6 is 0 Å². The summed E-state index contributed by atoms with van der Waals surface area (Å²) >= 11 is 0. The smallest absolute Gasteiger partial charge is 0.335 e. The van der Waals surface area contributed by atoms with Crippen LogP contribution in [-0.2, 0) is 19.1 Å². The van der Waals surface area contributed by atoms with Gasteiger partial charge >= 0.3 is 11.9 Å². The number of rotatable bonds is 2. The Morgan fingerprint density at radius 1 is 1.08 bits per heavy atom. The fourth-order valence-corrected chi connectivity index (χ4v) is 1.16. The molecule has 0 atom stereocenters. The minimum absolute atomic E-state index is 0.356. The van der Waals surface area contributed by atoms with Crippen molar-refractivity contribution in [1.82, 2.24) is 5.32 Å². The number of nitrogens with one attached hydrogen (secondary N) is 1. The molecule has 0 radical (unpaired) electrons. The van der Waals surface area contributed by atoms with Gasteiger partial charge in [-0.15, -0.1) is 0 Å². The van der Waals surface area contributed by atoms with E-state index in [0.717, 1.165) is 0 Å². The zero-order valence-corrected chi connectivity index (χ0v) is 7.55. The number of methoxy groups -OCH3 is 2. The second-order valence-corrected chi connectivity index (χ2v) is 2.54. The van der Waals surface area contributed by atoms with Crippen LogP contribution in [0.25, 0.3) is 0 Å². The SMILES string of the molecule is COC(=O)C1=C(C(=O)OC)CNC1. The Kier molecular flexibility index (Phi) is 3.02. The van der Waals surface area contributed by atoms with Crippen LogP contribution in [-0.4, -0.2) is 39.2 Å². The molecule has 0 unspecified atom stereocenters. The Labute approximate surface area is 75.7 Å². The van der Waals surface area contributed by atoms with Crippen LogP contribution < -0.4 is 5.32 Å². The molecule has 5 heteroatoms. The van der Waals surface area contributed by atoms with Gasteiger partial charge in [-0.05, 0) is 0 Å². The summed E-state index contributed by atoms with van der Waals surface area (Å²) in [5.41, 5.74) is 0.712. The van der Waals surface area contributed by atoms with E-state index in [1.807, 2.05) is 0 Å². The maximum Gasteiger partial charge on any atom is 0.335 e. The van der Waals surface area contributed by atoms with E-state index in [1.54, 1.807) is 0 Å². The molecule has 0 saturated carbocycles. The maximum atomic E-state index is 11.1. The van der Waals surface area contributed by atoms with Crippen molar-refractivity contribution in [1.29, 1.82) is 0 Å². The van der Waals surface area contributed by atoms with Gasteiger partial charge in [-0.25, -0.2) is 9.59 Å². The third-order valence-corrected chi connectivity index (χ3v) is 1.83.